The summed E-state index contributed by atoms with van der Waals surface area (Å²) >= 11 is 0. The summed E-state index contributed by atoms with van der Waals surface area (Å²) in [6, 6.07) is 4.15. The molecule has 7 heteroatoms. The van der Waals surface area contributed by atoms with Crippen molar-refractivity contribution in [3.8, 4) is 5.75 Å². The molecule has 0 saturated heterocycles. The smallest absolute Gasteiger partial charge is 0.478 e. The first-order valence-corrected chi connectivity index (χ1v) is 5.42. The summed E-state index contributed by atoms with van der Waals surface area (Å²) < 4.78 is 14.8. The van der Waals surface area contributed by atoms with Gasteiger partial charge in [-0.2, -0.15) is 0 Å². The van der Waals surface area contributed by atoms with Gasteiger partial charge in [0.2, 0.25) is 0 Å². The van der Waals surface area contributed by atoms with Crippen LogP contribution in [0.15, 0.2) is 18.2 Å². The molecule has 15 heavy (non-hydrogen) atoms. The number of aromatic carboxylic acids is 1. The predicted molar refractivity (Wildman–Crippen MR) is 50.8 cm³/mol. The van der Waals surface area contributed by atoms with E-state index < -0.39 is 13.8 Å². The number of phosphoric ester groups is 1. The molecule has 0 heterocycles. The molecule has 0 aliphatic heterocycles. The van der Waals surface area contributed by atoms with Crippen LogP contribution in [0.25, 0.3) is 0 Å². The van der Waals surface area contributed by atoms with E-state index in [2.05, 4.69) is 4.52 Å². The number of rotatable bonds is 3. The van der Waals surface area contributed by atoms with Gasteiger partial charge in [0, 0.05) is 0 Å². The molecule has 82 valence electrons. The zero-order valence-corrected chi connectivity index (χ0v) is 8.64. The van der Waals surface area contributed by atoms with Crippen LogP contribution in [0.5, 0.6) is 5.75 Å². The number of aryl methyl sites for hydroxylation is 1. The first-order valence-electron chi connectivity index (χ1n) is 3.89. The van der Waals surface area contributed by atoms with E-state index >= 15 is 0 Å². The molecule has 1 aromatic rings. The molecule has 0 atom stereocenters. The Bertz CT molecular complexity index is 435. The summed E-state index contributed by atoms with van der Waals surface area (Å²) in [5.74, 6) is -1.63. The lowest BCUT2D eigenvalue weighted by Gasteiger charge is -2.10. The monoisotopic (exact) mass is 232 g/mol. The van der Waals surface area contributed by atoms with Gasteiger partial charge >= 0.3 is 13.8 Å². The first kappa shape index (κ1) is 11.7. The number of benzene rings is 1. The molecule has 3 N–H and O–H groups in total. The highest BCUT2D eigenvalue weighted by atomic mass is 31.2. The molecule has 0 aliphatic carbocycles. The summed E-state index contributed by atoms with van der Waals surface area (Å²) in [5.41, 5.74) is 0.120. The summed E-state index contributed by atoms with van der Waals surface area (Å²) in [5, 5.41) is 8.81. The Balaban J connectivity index is 3.24. The summed E-state index contributed by atoms with van der Waals surface area (Å²) in [7, 11) is -4.74. The lowest BCUT2D eigenvalue weighted by molar-refractivity contribution is 0.0694. The van der Waals surface area contributed by atoms with Gasteiger partial charge in [-0.1, -0.05) is 12.1 Å². The van der Waals surface area contributed by atoms with Crippen LogP contribution in [0, 0.1) is 6.92 Å². The van der Waals surface area contributed by atoms with Crippen LogP contribution in [0.3, 0.4) is 0 Å². The van der Waals surface area contributed by atoms with E-state index in [4.69, 9.17) is 14.9 Å². The van der Waals surface area contributed by atoms with Crippen LogP contribution in [-0.2, 0) is 4.57 Å². The minimum Gasteiger partial charge on any atom is -0.478 e. The SMILES string of the molecule is Cc1cccc(OP(=O)(O)O)c1C(=O)O. The molecular weight excluding hydrogens is 223 g/mol. The van der Waals surface area contributed by atoms with E-state index in [1.54, 1.807) is 0 Å². The Morgan fingerprint density at radius 1 is 1.40 bits per heavy atom. The molecule has 0 saturated carbocycles. The van der Waals surface area contributed by atoms with Gasteiger partial charge in [0.1, 0.15) is 11.3 Å². The van der Waals surface area contributed by atoms with E-state index in [1.807, 2.05) is 0 Å². The van der Waals surface area contributed by atoms with E-state index in [0.717, 1.165) is 0 Å². The molecule has 6 nitrogen and oxygen atoms in total. The zero-order valence-electron chi connectivity index (χ0n) is 7.75. The lowest BCUT2D eigenvalue weighted by atomic mass is 10.1. The highest BCUT2D eigenvalue weighted by molar-refractivity contribution is 7.46. The molecule has 0 spiro atoms. The third-order valence-electron chi connectivity index (χ3n) is 1.67. The zero-order chi connectivity index (χ0) is 11.6. The predicted octanol–water partition coefficient (Wildman–Crippen LogP) is 1.16. The van der Waals surface area contributed by atoms with Crippen molar-refractivity contribution in [2.45, 2.75) is 6.92 Å². The molecule has 0 fully saturated rings. The maximum atomic E-state index is 10.8. The summed E-state index contributed by atoms with van der Waals surface area (Å²) in [4.78, 5) is 27.9. The quantitative estimate of drug-likeness (QED) is 0.675. The van der Waals surface area contributed by atoms with E-state index in [0.29, 0.717) is 5.56 Å². The Morgan fingerprint density at radius 3 is 2.47 bits per heavy atom. The fourth-order valence-electron chi connectivity index (χ4n) is 1.12. The number of carboxylic acid groups (broad SMARTS) is 1. The highest BCUT2D eigenvalue weighted by Crippen LogP contribution is 2.39. The van der Waals surface area contributed by atoms with Crippen molar-refractivity contribution < 1.29 is 28.8 Å². The third-order valence-corrected chi connectivity index (χ3v) is 2.10. The fraction of sp³-hybridized carbons (Fsp3) is 0.125. The second kappa shape index (κ2) is 4.02. The van der Waals surface area contributed by atoms with Gasteiger partial charge in [0.15, 0.2) is 0 Å². The van der Waals surface area contributed by atoms with Gasteiger partial charge < -0.3 is 9.63 Å². The standard InChI is InChI=1S/C8H9O6P/c1-5-3-2-4-6(7(5)8(9)10)14-15(11,12)13/h2-4H,1H3,(H,9,10)(H2,11,12,13). The van der Waals surface area contributed by atoms with Gasteiger partial charge in [-0.3, -0.25) is 9.79 Å². The topological polar surface area (TPSA) is 104 Å². The van der Waals surface area contributed by atoms with Crippen molar-refractivity contribution >= 4 is 13.8 Å². The summed E-state index contributed by atoms with van der Waals surface area (Å²) in [6.07, 6.45) is 0. The van der Waals surface area contributed by atoms with E-state index in [1.165, 1.54) is 25.1 Å². The molecular formula is C8H9O6P. The van der Waals surface area contributed by atoms with Crippen LogP contribution in [0.1, 0.15) is 15.9 Å². The van der Waals surface area contributed by atoms with Crippen LogP contribution < -0.4 is 4.52 Å². The third kappa shape index (κ3) is 3.06. The molecule has 0 aliphatic rings. The summed E-state index contributed by atoms with van der Waals surface area (Å²) in [6.45, 7) is 1.51. The number of hydrogen-bond donors (Lipinski definition) is 3. The number of carboxylic acids is 1. The average Bonchev–Trinajstić information content (AvgIpc) is 1.99. The number of carbonyl (C=O) groups is 1. The Kier molecular flexibility index (Phi) is 3.14. The van der Waals surface area contributed by atoms with Gasteiger partial charge in [0.25, 0.3) is 0 Å². The van der Waals surface area contributed by atoms with E-state index in [9.17, 15) is 9.36 Å². The van der Waals surface area contributed by atoms with Crippen molar-refractivity contribution in [2.24, 2.45) is 0 Å². The largest absolute Gasteiger partial charge is 0.524 e. The van der Waals surface area contributed by atoms with Crippen molar-refractivity contribution in [3.05, 3.63) is 29.3 Å². The second-order valence-corrected chi connectivity index (χ2v) is 4.00. The number of phosphoric acid groups is 1. The average molecular weight is 232 g/mol. The highest BCUT2D eigenvalue weighted by Gasteiger charge is 2.22. The van der Waals surface area contributed by atoms with Crippen LogP contribution in [-0.4, -0.2) is 20.9 Å². The van der Waals surface area contributed by atoms with Gasteiger partial charge in [-0.05, 0) is 18.6 Å². The lowest BCUT2D eigenvalue weighted by Crippen LogP contribution is -2.03. The first-order chi connectivity index (χ1) is 6.81. The normalized spacial score (nSPS) is 11.1. The van der Waals surface area contributed by atoms with Gasteiger partial charge in [-0.15, -0.1) is 0 Å². The fourth-order valence-corrected chi connectivity index (χ4v) is 1.53. The van der Waals surface area contributed by atoms with Crippen molar-refractivity contribution in [3.63, 3.8) is 0 Å². The minimum atomic E-state index is -4.74. The van der Waals surface area contributed by atoms with Crippen molar-refractivity contribution in [1.29, 1.82) is 0 Å². The second-order valence-electron chi connectivity index (χ2n) is 2.84. The minimum absolute atomic E-state index is 0.249. The van der Waals surface area contributed by atoms with Crippen molar-refractivity contribution in [1.82, 2.24) is 0 Å². The van der Waals surface area contributed by atoms with Crippen LogP contribution >= 0.6 is 7.82 Å². The molecule has 0 radical (unpaired) electrons. The molecule has 1 rings (SSSR count). The maximum absolute atomic E-state index is 10.8. The maximum Gasteiger partial charge on any atom is 0.524 e. The van der Waals surface area contributed by atoms with Crippen LogP contribution in [0.4, 0.5) is 0 Å². The Morgan fingerprint density at radius 2 is 2.00 bits per heavy atom. The van der Waals surface area contributed by atoms with Crippen molar-refractivity contribution in [2.75, 3.05) is 0 Å². The molecule has 1 aromatic carbocycles. The molecule has 0 bridgehead atoms. The number of hydrogen-bond acceptors (Lipinski definition) is 3. The molecule has 0 amide bonds. The van der Waals surface area contributed by atoms with Gasteiger partial charge in [0.05, 0.1) is 0 Å². The Labute approximate surface area is 85.4 Å². The molecule has 0 unspecified atom stereocenters. The van der Waals surface area contributed by atoms with Gasteiger partial charge in [-0.25, -0.2) is 9.36 Å². The van der Waals surface area contributed by atoms with E-state index in [-0.39, 0.29) is 11.3 Å². The Hall–Kier alpha value is -1.36. The van der Waals surface area contributed by atoms with Crippen LogP contribution in [0.2, 0.25) is 0 Å². The molecule has 0 aromatic heterocycles.